The number of hydrogen-bond donors (Lipinski definition) is 2. The van der Waals surface area contributed by atoms with Crippen molar-refractivity contribution < 1.29 is 9.47 Å². The van der Waals surface area contributed by atoms with Gasteiger partial charge < -0.3 is 9.47 Å². The first-order chi connectivity index (χ1) is 10.1. The number of nitrogens with zero attached hydrogens (tertiary/aromatic N) is 2. The van der Waals surface area contributed by atoms with Crippen molar-refractivity contribution >= 4 is 0 Å². The van der Waals surface area contributed by atoms with E-state index >= 15 is 0 Å². The van der Waals surface area contributed by atoms with Crippen LogP contribution >= 0.6 is 0 Å². The molecule has 0 aliphatic rings. The van der Waals surface area contributed by atoms with Crippen LogP contribution in [-0.2, 0) is 0 Å². The zero-order valence-electron chi connectivity index (χ0n) is 12.4. The molecule has 0 fully saturated rings. The normalized spacial score (nSPS) is 12.2. The van der Waals surface area contributed by atoms with Crippen LogP contribution in [0.4, 0.5) is 0 Å². The Balaban J connectivity index is 2.24. The molecule has 6 heteroatoms. The van der Waals surface area contributed by atoms with Gasteiger partial charge in [-0.05, 0) is 31.5 Å². The maximum atomic E-state index is 5.66. The summed E-state index contributed by atoms with van der Waals surface area (Å²) in [4.78, 5) is 8.23. The van der Waals surface area contributed by atoms with Crippen molar-refractivity contribution in [3.05, 3.63) is 47.9 Å². The second-order valence-corrected chi connectivity index (χ2v) is 4.82. The highest BCUT2D eigenvalue weighted by molar-refractivity contribution is 5.34. The average Bonchev–Trinajstić information content (AvgIpc) is 2.49. The fourth-order valence-corrected chi connectivity index (χ4v) is 1.99. The van der Waals surface area contributed by atoms with Gasteiger partial charge in [-0.15, -0.1) is 0 Å². The molecule has 3 N–H and O–H groups in total. The van der Waals surface area contributed by atoms with Crippen LogP contribution in [0, 0.1) is 0 Å². The highest BCUT2D eigenvalue weighted by Gasteiger charge is 2.15. The molecule has 0 radical (unpaired) electrons. The third-order valence-electron chi connectivity index (χ3n) is 2.92. The summed E-state index contributed by atoms with van der Waals surface area (Å²) in [5, 5.41) is 0. The molecule has 21 heavy (non-hydrogen) atoms. The first kappa shape index (κ1) is 15.2. The first-order valence-corrected chi connectivity index (χ1v) is 6.72. The number of aromatic nitrogens is 2. The van der Waals surface area contributed by atoms with E-state index in [1.54, 1.807) is 13.2 Å². The predicted octanol–water partition coefficient (Wildman–Crippen LogP) is 1.83. The van der Waals surface area contributed by atoms with Gasteiger partial charge in [0, 0.05) is 6.07 Å². The van der Waals surface area contributed by atoms with Gasteiger partial charge in [-0.25, -0.2) is 15.4 Å². The lowest BCUT2D eigenvalue weighted by atomic mass is 10.0. The van der Waals surface area contributed by atoms with Crippen molar-refractivity contribution in [2.75, 3.05) is 7.11 Å². The van der Waals surface area contributed by atoms with Gasteiger partial charge in [0.1, 0.15) is 12.1 Å². The minimum absolute atomic E-state index is 0.144. The highest BCUT2D eigenvalue weighted by atomic mass is 16.5. The number of benzene rings is 1. The Morgan fingerprint density at radius 3 is 2.43 bits per heavy atom. The van der Waals surface area contributed by atoms with Crippen molar-refractivity contribution in [3.63, 3.8) is 0 Å². The maximum absolute atomic E-state index is 5.66. The van der Waals surface area contributed by atoms with E-state index in [1.165, 1.54) is 6.33 Å². The number of nitrogens with two attached hydrogens (primary N) is 1. The third kappa shape index (κ3) is 3.90. The lowest BCUT2D eigenvalue weighted by Gasteiger charge is -2.17. The van der Waals surface area contributed by atoms with E-state index in [0.29, 0.717) is 5.88 Å². The molecule has 0 spiro atoms. The Labute approximate surface area is 124 Å². The van der Waals surface area contributed by atoms with Crippen LogP contribution in [0.15, 0.2) is 36.7 Å². The largest absolute Gasteiger partial charge is 0.491 e. The monoisotopic (exact) mass is 288 g/mol. The molecular weight excluding hydrogens is 268 g/mol. The lowest BCUT2D eigenvalue weighted by molar-refractivity contribution is 0.242. The van der Waals surface area contributed by atoms with Gasteiger partial charge in [-0.3, -0.25) is 5.84 Å². The highest BCUT2D eigenvalue weighted by Crippen LogP contribution is 2.24. The van der Waals surface area contributed by atoms with Crippen LogP contribution in [-0.4, -0.2) is 23.2 Å². The third-order valence-corrected chi connectivity index (χ3v) is 2.92. The van der Waals surface area contributed by atoms with Crippen LogP contribution in [0.2, 0.25) is 0 Å². The molecule has 0 bridgehead atoms. The van der Waals surface area contributed by atoms with Gasteiger partial charge in [-0.2, -0.15) is 0 Å². The quantitative estimate of drug-likeness (QED) is 0.623. The van der Waals surface area contributed by atoms with E-state index in [-0.39, 0.29) is 12.1 Å². The molecule has 112 valence electrons. The first-order valence-electron chi connectivity index (χ1n) is 6.72. The molecule has 1 unspecified atom stereocenters. The number of rotatable bonds is 6. The summed E-state index contributed by atoms with van der Waals surface area (Å²) in [5.41, 5.74) is 4.48. The van der Waals surface area contributed by atoms with Crippen molar-refractivity contribution in [1.29, 1.82) is 0 Å². The fourth-order valence-electron chi connectivity index (χ4n) is 1.99. The molecule has 1 atom stereocenters. The zero-order valence-corrected chi connectivity index (χ0v) is 12.4. The molecular formula is C15H20N4O2. The summed E-state index contributed by atoms with van der Waals surface area (Å²) in [5.74, 6) is 6.99. The molecule has 1 aromatic heterocycles. The number of hydrogen-bond acceptors (Lipinski definition) is 6. The minimum atomic E-state index is -0.241. The van der Waals surface area contributed by atoms with Gasteiger partial charge in [0.25, 0.3) is 0 Å². The Kier molecular flexibility index (Phi) is 5.08. The van der Waals surface area contributed by atoms with Crippen molar-refractivity contribution in [2.45, 2.75) is 26.0 Å². The lowest BCUT2D eigenvalue weighted by Crippen LogP contribution is -2.29. The van der Waals surface area contributed by atoms with Crippen molar-refractivity contribution in [3.8, 4) is 11.6 Å². The van der Waals surface area contributed by atoms with E-state index in [2.05, 4.69) is 15.4 Å². The number of ether oxygens (including phenoxy) is 2. The van der Waals surface area contributed by atoms with Gasteiger partial charge in [0.2, 0.25) is 5.88 Å². The number of methoxy groups -OCH3 is 1. The van der Waals surface area contributed by atoms with Crippen LogP contribution in [0.1, 0.15) is 31.1 Å². The molecule has 0 saturated carbocycles. The maximum Gasteiger partial charge on any atom is 0.216 e. The van der Waals surface area contributed by atoms with Gasteiger partial charge in [0.05, 0.1) is 24.9 Å². The molecule has 0 aliphatic carbocycles. The molecule has 6 nitrogen and oxygen atoms in total. The summed E-state index contributed by atoms with van der Waals surface area (Å²) >= 11 is 0. The summed E-state index contributed by atoms with van der Waals surface area (Å²) in [6.07, 6.45) is 1.60. The molecule has 0 amide bonds. The van der Waals surface area contributed by atoms with E-state index in [0.717, 1.165) is 17.0 Å². The second kappa shape index (κ2) is 7.01. The van der Waals surface area contributed by atoms with Gasteiger partial charge in [-0.1, -0.05) is 12.1 Å². The summed E-state index contributed by atoms with van der Waals surface area (Å²) < 4.78 is 10.7. The average molecular weight is 288 g/mol. The zero-order chi connectivity index (χ0) is 15.2. The Morgan fingerprint density at radius 1 is 1.14 bits per heavy atom. The van der Waals surface area contributed by atoms with Gasteiger partial charge in [0.15, 0.2) is 0 Å². The van der Waals surface area contributed by atoms with Crippen LogP contribution < -0.4 is 20.7 Å². The smallest absolute Gasteiger partial charge is 0.216 e. The summed E-state index contributed by atoms with van der Waals surface area (Å²) in [7, 11) is 1.56. The van der Waals surface area contributed by atoms with E-state index in [1.807, 2.05) is 38.1 Å². The molecule has 0 aliphatic heterocycles. The van der Waals surface area contributed by atoms with E-state index in [9.17, 15) is 0 Å². The van der Waals surface area contributed by atoms with Crippen LogP contribution in [0.5, 0.6) is 11.6 Å². The standard InChI is InChI=1S/C15H20N4O2/c1-10(2)21-12-6-4-11(5-7-12)15(19-16)13-8-14(20-3)18-9-17-13/h4-10,15,19H,16H2,1-3H3. The predicted molar refractivity (Wildman–Crippen MR) is 80.0 cm³/mol. The minimum Gasteiger partial charge on any atom is -0.491 e. The number of hydrazine groups is 1. The molecule has 2 aromatic rings. The van der Waals surface area contributed by atoms with E-state index < -0.39 is 0 Å². The molecule has 0 saturated heterocycles. The van der Waals surface area contributed by atoms with Gasteiger partial charge >= 0.3 is 0 Å². The Hall–Kier alpha value is -2.18. The summed E-state index contributed by atoms with van der Waals surface area (Å²) in [6.45, 7) is 3.98. The Bertz CT molecular complexity index is 572. The summed E-state index contributed by atoms with van der Waals surface area (Å²) in [6, 6.07) is 9.25. The second-order valence-electron chi connectivity index (χ2n) is 4.82. The molecule has 1 aromatic carbocycles. The molecule has 1 heterocycles. The SMILES string of the molecule is COc1cc(C(NN)c2ccc(OC(C)C)cc2)ncn1. The van der Waals surface area contributed by atoms with Crippen molar-refractivity contribution in [2.24, 2.45) is 5.84 Å². The van der Waals surface area contributed by atoms with E-state index in [4.69, 9.17) is 15.3 Å². The Morgan fingerprint density at radius 2 is 1.86 bits per heavy atom. The molecule has 2 rings (SSSR count). The van der Waals surface area contributed by atoms with Crippen molar-refractivity contribution in [1.82, 2.24) is 15.4 Å². The van der Waals surface area contributed by atoms with Crippen LogP contribution in [0.3, 0.4) is 0 Å². The van der Waals surface area contributed by atoms with Crippen LogP contribution in [0.25, 0.3) is 0 Å². The topological polar surface area (TPSA) is 82.3 Å². The number of nitrogens with one attached hydrogen (secondary N) is 1. The fraction of sp³-hybridized carbons (Fsp3) is 0.333.